The second-order valence-electron chi connectivity index (χ2n) is 6.19. The van der Waals surface area contributed by atoms with E-state index in [0.29, 0.717) is 17.7 Å². The number of aromatic nitrogens is 1. The minimum Gasteiger partial charge on any atom is -0.387 e. The Bertz CT molecular complexity index is 649. The highest BCUT2D eigenvalue weighted by Gasteiger charge is 2.22. The lowest BCUT2D eigenvalue weighted by molar-refractivity contribution is 0.0594. The first-order valence-electron chi connectivity index (χ1n) is 7.75. The number of halogens is 1. The highest BCUT2D eigenvalue weighted by Crippen LogP contribution is 2.18. The van der Waals surface area contributed by atoms with E-state index in [2.05, 4.69) is 4.98 Å². The van der Waals surface area contributed by atoms with E-state index in [0.717, 1.165) is 5.69 Å². The number of nitrogens with zero attached hydrogens (tertiary/aromatic N) is 1. The zero-order chi connectivity index (χ0) is 17.0. The second-order valence-corrected chi connectivity index (χ2v) is 6.19. The number of amides is 1. The van der Waals surface area contributed by atoms with Crippen molar-refractivity contribution in [2.24, 2.45) is 5.92 Å². The number of H-pyrrole nitrogens is 1. The summed E-state index contributed by atoms with van der Waals surface area (Å²) < 4.78 is 13.0. The summed E-state index contributed by atoms with van der Waals surface area (Å²) in [6, 6.07) is 7.45. The van der Waals surface area contributed by atoms with Crippen molar-refractivity contribution < 1.29 is 14.3 Å². The van der Waals surface area contributed by atoms with Crippen LogP contribution in [0.2, 0.25) is 0 Å². The second kappa shape index (κ2) is 7.42. The molecule has 1 heterocycles. The van der Waals surface area contributed by atoms with E-state index in [1.165, 1.54) is 12.1 Å². The molecule has 0 fully saturated rings. The van der Waals surface area contributed by atoms with Crippen LogP contribution in [0.3, 0.4) is 0 Å². The Morgan fingerprint density at radius 3 is 2.39 bits per heavy atom. The molecule has 1 atom stereocenters. The summed E-state index contributed by atoms with van der Waals surface area (Å²) >= 11 is 0. The zero-order valence-electron chi connectivity index (χ0n) is 13.7. The lowest BCUT2D eigenvalue weighted by Gasteiger charge is -2.27. The largest absolute Gasteiger partial charge is 0.387 e. The first kappa shape index (κ1) is 17.2. The van der Waals surface area contributed by atoms with Crippen molar-refractivity contribution in [2.75, 3.05) is 13.1 Å². The Hall–Kier alpha value is -2.14. The Kier molecular flexibility index (Phi) is 5.55. The van der Waals surface area contributed by atoms with Gasteiger partial charge in [0.15, 0.2) is 0 Å². The van der Waals surface area contributed by atoms with E-state index in [9.17, 15) is 14.3 Å². The van der Waals surface area contributed by atoms with Crippen LogP contribution in [0.5, 0.6) is 0 Å². The molecule has 4 nitrogen and oxygen atoms in total. The summed E-state index contributed by atoms with van der Waals surface area (Å²) in [6.45, 7) is 6.61. The smallest absolute Gasteiger partial charge is 0.255 e. The molecule has 1 aromatic heterocycles. The maximum absolute atomic E-state index is 13.0. The highest BCUT2D eigenvalue weighted by atomic mass is 19.1. The molecule has 23 heavy (non-hydrogen) atoms. The van der Waals surface area contributed by atoms with Crippen LogP contribution in [0.15, 0.2) is 36.5 Å². The van der Waals surface area contributed by atoms with E-state index >= 15 is 0 Å². The number of aliphatic hydroxyl groups is 1. The van der Waals surface area contributed by atoms with Crippen molar-refractivity contribution >= 4 is 5.91 Å². The number of hydrogen-bond donors (Lipinski definition) is 2. The van der Waals surface area contributed by atoms with Gasteiger partial charge in [-0.2, -0.15) is 0 Å². The summed E-state index contributed by atoms with van der Waals surface area (Å²) in [5.74, 6) is -0.184. The van der Waals surface area contributed by atoms with Crippen molar-refractivity contribution in [2.45, 2.75) is 26.9 Å². The molecule has 0 bridgehead atoms. The monoisotopic (exact) mass is 318 g/mol. The lowest BCUT2D eigenvalue weighted by atomic mass is 10.1. The summed E-state index contributed by atoms with van der Waals surface area (Å²) in [6.07, 6.45) is 0.879. The van der Waals surface area contributed by atoms with Crippen LogP contribution in [0.25, 0.3) is 0 Å². The van der Waals surface area contributed by atoms with Crippen molar-refractivity contribution in [1.82, 2.24) is 9.88 Å². The minimum absolute atomic E-state index is 0.112. The molecule has 0 saturated heterocycles. The first-order chi connectivity index (χ1) is 10.9. The predicted molar refractivity (Wildman–Crippen MR) is 87.6 cm³/mol. The van der Waals surface area contributed by atoms with Crippen LogP contribution in [-0.4, -0.2) is 34.0 Å². The summed E-state index contributed by atoms with van der Waals surface area (Å²) in [5.41, 5.74) is 2.01. The quantitative estimate of drug-likeness (QED) is 0.858. The third-order valence-corrected chi connectivity index (χ3v) is 3.71. The fourth-order valence-corrected chi connectivity index (χ4v) is 2.54. The number of hydrogen-bond acceptors (Lipinski definition) is 2. The highest BCUT2D eigenvalue weighted by molar-refractivity contribution is 5.95. The summed E-state index contributed by atoms with van der Waals surface area (Å²) in [5, 5.41) is 10.4. The van der Waals surface area contributed by atoms with E-state index in [4.69, 9.17) is 0 Å². The number of nitrogens with one attached hydrogen (secondary N) is 1. The Balaban J connectivity index is 2.16. The number of aromatic amines is 1. The standard InChI is InChI=1S/C18H23FN2O2/c1-12(2)10-21(18(23)16-8-9-20-13(16)3)11-17(22)14-4-6-15(19)7-5-14/h4-9,12,17,20,22H,10-11H2,1-3H3. The van der Waals surface area contributed by atoms with Gasteiger partial charge in [0, 0.05) is 18.4 Å². The van der Waals surface area contributed by atoms with Gasteiger partial charge in [-0.3, -0.25) is 4.79 Å². The Morgan fingerprint density at radius 1 is 1.22 bits per heavy atom. The molecular weight excluding hydrogens is 295 g/mol. The number of aliphatic hydroxyl groups excluding tert-OH is 1. The van der Waals surface area contributed by atoms with Crippen LogP contribution in [0.4, 0.5) is 4.39 Å². The molecule has 5 heteroatoms. The molecule has 1 aromatic carbocycles. The molecule has 1 amide bonds. The average Bonchev–Trinajstić information content (AvgIpc) is 2.92. The van der Waals surface area contributed by atoms with Gasteiger partial charge in [-0.1, -0.05) is 26.0 Å². The fraction of sp³-hybridized carbons (Fsp3) is 0.389. The molecule has 0 saturated carbocycles. The van der Waals surface area contributed by atoms with Gasteiger partial charge in [0.25, 0.3) is 5.91 Å². The maximum atomic E-state index is 13.0. The predicted octanol–water partition coefficient (Wildman–Crippen LogP) is 3.29. The molecule has 0 radical (unpaired) electrons. The molecule has 1 unspecified atom stereocenters. The number of carbonyl (C=O) groups is 1. The van der Waals surface area contributed by atoms with Gasteiger partial charge in [0.1, 0.15) is 5.82 Å². The number of benzene rings is 1. The van der Waals surface area contributed by atoms with Gasteiger partial charge < -0.3 is 15.0 Å². The third kappa shape index (κ3) is 4.42. The molecule has 2 N–H and O–H groups in total. The van der Waals surface area contributed by atoms with E-state index in [1.54, 1.807) is 29.3 Å². The van der Waals surface area contributed by atoms with Gasteiger partial charge in [-0.05, 0) is 36.6 Å². The SMILES string of the molecule is Cc1[nH]ccc1C(=O)N(CC(C)C)CC(O)c1ccc(F)cc1. The van der Waals surface area contributed by atoms with Gasteiger partial charge in [-0.15, -0.1) is 0 Å². The molecule has 2 aromatic rings. The van der Waals surface area contributed by atoms with Gasteiger partial charge in [0.2, 0.25) is 0 Å². The number of aryl methyl sites for hydroxylation is 1. The summed E-state index contributed by atoms with van der Waals surface area (Å²) in [7, 11) is 0. The molecular formula is C18H23FN2O2. The number of rotatable bonds is 6. The topological polar surface area (TPSA) is 56.3 Å². The Labute approximate surface area is 135 Å². The zero-order valence-corrected chi connectivity index (χ0v) is 13.7. The molecule has 2 rings (SSSR count). The van der Waals surface area contributed by atoms with Crippen molar-refractivity contribution in [3.63, 3.8) is 0 Å². The molecule has 124 valence electrons. The first-order valence-corrected chi connectivity index (χ1v) is 7.75. The van der Waals surface area contributed by atoms with Crippen LogP contribution in [-0.2, 0) is 0 Å². The van der Waals surface area contributed by atoms with E-state index < -0.39 is 6.10 Å². The van der Waals surface area contributed by atoms with Crippen molar-refractivity contribution in [3.05, 3.63) is 59.2 Å². The average molecular weight is 318 g/mol. The minimum atomic E-state index is -0.849. The number of carbonyl (C=O) groups excluding carboxylic acids is 1. The van der Waals surface area contributed by atoms with E-state index in [1.807, 2.05) is 20.8 Å². The van der Waals surface area contributed by atoms with Crippen LogP contribution >= 0.6 is 0 Å². The maximum Gasteiger partial charge on any atom is 0.255 e. The van der Waals surface area contributed by atoms with Gasteiger partial charge >= 0.3 is 0 Å². The van der Waals surface area contributed by atoms with Crippen LogP contribution < -0.4 is 0 Å². The van der Waals surface area contributed by atoms with Gasteiger partial charge in [0.05, 0.1) is 18.2 Å². The molecule has 0 aliphatic rings. The summed E-state index contributed by atoms with van der Waals surface area (Å²) in [4.78, 5) is 17.4. The van der Waals surface area contributed by atoms with Crippen molar-refractivity contribution in [3.8, 4) is 0 Å². The molecule has 0 aliphatic heterocycles. The van der Waals surface area contributed by atoms with Crippen molar-refractivity contribution in [1.29, 1.82) is 0 Å². The molecule has 0 spiro atoms. The van der Waals surface area contributed by atoms with E-state index in [-0.39, 0.29) is 24.2 Å². The lowest BCUT2D eigenvalue weighted by Crippen LogP contribution is -2.37. The Morgan fingerprint density at radius 2 is 1.87 bits per heavy atom. The van der Waals surface area contributed by atoms with Crippen LogP contribution in [0.1, 0.15) is 41.6 Å². The van der Waals surface area contributed by atoms with Gasteiger partial charge in [-0.25, -0.2) is 4.39 Å². The third-order valence-electron chi connectivity index (χ3n) is 3.71. The molecule has 0 aliphatic carbocycles. The fourth-order valence-electron chi connectivity index (χ4n) is 2.54. The normalized spacial score (nSPS) is 12.4. The van der Waals surface area contributed by atoms with Crippen LogP contribution in [0, 0.1) is 18.7 Å².